The lowest BCUT2D eigenvalue weighted by Crippen LogP contribution is -1.95. The van der Waals surface area contributed by atoms with Gasteiger partial charge in [0.2, 0.25) is 0 Å². The zero-order chi connectivity index (χ0) is 12.1. The van der Waals surface area contributed by atoms with Crippen LogP contribution in [0.2, 0.25) is 0 Å². The molecule has 1 rings (SSSR count). The molecule has 0 amide bonds. The average molecular weight is 219 g/mol. The van der Waals surface area contributed by atoms with Crippen LogP contribution in [0.15, 0.2) is 12.1 Å². The molecule has 0 aromatic heterocycles. The zero-order valence-electron chi connectivity index (χ0n) is 10.2. The second kappa shape index (κ2) is 5.69. The number of rotatable bonds is 5. The number of aryl methyl sites for hydroxylation is 2. The molecule has 0 saturated carbocycles. The van der Waals surface area contributed by atoms with Crippen molar-refractivity contribution in [3.63, 3.8) is 0 Å². The number of ketones is 1. The van der Waals surface area contributed by atoms with Crippen molar-refractivity contribution in [3.8, 4) is 5.75 Å². The Hall–Kier alpha value is -1.31. The van der Waals surface area contributed by atoms with Gasteiger partial charge < -0.3 is 5.11 Å². The van der Waals surface area contributed by atoms with Gasteiger partial charge in [0, 0.05) is 12.8 Å². The van der Waals surface area contributed by atoms with Crippen LogP contribution in [0, 0.1) is 20.3 Å². The van der Waals surface area contributed by atoms with E-state index in [2.05, 4.69) is 0 Å². The molecule has 0 spiro atoms. The molecule has 0 saturated heterocycles. The first-order chi connectivity index (χ1) is 7.54. The molecule has 0 unspecified atom stereocenters. The maximum absolute atomic E-state index is 11.1. The lowest BCUT2D eigenvalue weighted by Gasteiger charge is -2.07. The Labute approximate surface area is 97.3 Å². The maximum atomic E-state index is 11.1. The molecule has 87 valence electrons. The monoisotopic (exact) mass is 219 g/mol. The van der Waals surface area contributed by atoms with E-state index in [1.165, 1.54) is 0 Å². The highest BCUT2D eigenvalue weighted by Gasteiger charge is 2.04. The third-order valence-corrected chi connectivity index (χ3v) is 2.71. The first-order valence-electron chi connectivity index (χ1n) is 5.69. The maximum Gasteiger partial charge on any atom is 0.132 e. The Kier molecular flexibility index (Phi) is 4.53. The number of carbonyl (C=O) groups is 1. The van der Waals surface area contributed by atoms with Gasteiger partial charge in [0.05, 0.1) is 0 Å². The van der Waals surface area contributed by atoms with Gasteiger partial charge in [-0.25, -0.2) is 0 Å². The second-order valence-electron chi connectivity index (χ2n) is 4.14. The Morgan fingerprint density at radius 3 is 2.38 bits per heavy atom. The fourth-order valence-corrected chi connectivity index (χ4v) is 1.68. The minimum absolute atomic E-state index is 0.295. The molecule has 0 atom stereocenters. The summed E-state index contributed by atoms with van der Waals surface area (Å²) in [6.45, 7) is 5.66. The lowest BCUT2D eigenvalue weighted by atomic mass is 10.0. The van der Waals surface area contributed by atoms with E-state index in [0.717, 1.165) is 23.1 Å². The number of aromatic hydroxyl groups is 1. The summed E-state index contributed by atoms with van der Waals surface area (Å²) in [6.07, 6.45) is 4.04. The molecule has 2 heteroatoms. The van der Waals surface area contributed by atoms with Crippen molar-refractivity contribution < 1.29 is 9.90 Å². The third kappa shape index (κ3) is 3.37. The topological polar surface area (TPSA) is 37.3 Å². The van der Waals surface area contributed by atoms with Gasteiger partial charge in [0.1, 0.15) is 11.5 Å². The van der Waals surface area contributed by atoms with Crippen molar-refractivity contribution in [1.82, 2.24) is 0 Å². The Morgan fingerprint density at radius 1 is 1.31 bits per heavy atom. The second-order valence-corrected chi connectivity index (χ2v) is 4.14. The number of Topliss-reactive ketones (excluding diaryl/α,β-unsaturated/α-hetero) is 1. The van der Waals surface area contributed by atoms with Crippen molar-refractivity contribution in [2.45, 2.75) is 40.0 Å². The molecule has 0 aliphatic rings. The first-order valence-corrected chi connectivity index (χ1v) is 5.69. The average Bonchev–Trinajstić information content (AvgIpc) is 2.25. The fraction of sp³-hybridized carbons (Fsp3) is 0.429. The van der Waals surface area contributed by atoms with E-state index in [1.54, 1.807) is 0 Å². The number of hydrogen-bond donors (Lipinski definition) is 1. The van der Waals surface area contributed by atoms with Gasteiger partial charge >= 0.3 is 0 Å². The Bertz CT molecular complexity index is 357. The third-order valence-electron chi connectivity index (χ3n) is 2.71. The quantitative estimate of drug-likeness (QED) is 0.824. The van der Waals surface area contributed by atoms with Crippen molar-refractivity contribution in [1.29, 1.82) is 0 Å². The highest BCUT2D eigenvalue weighted by atomic mass is 16.3. The minimum Gasteiger partial charge on any atom is -0.507 e. The Balaban J connectivity index is 2.58. The number of phenolic OH excluding ortho intramolecular Hbond substituents is 1. The number of hydrogen-bond acceptors (Lipinski definition) is 2. The van der Waals surface area contributed by atoms with E-state index in [1.807, 2.05) is 39.3 Å². The van der Waals surface area contributed by atoms with E-state index in [-0.39, 0.29) is 0 Å². The van der Waals surface area contributed by atoms with Crippen LogP contribution >= 0.6 is 0 Å². The molecule has 0 heterocycles. The molecule has 1 aromatic rings. The molecule has 1 radical (unpaired) electrons. The molecule has 0 aliphatic heterocycles. The summed E-state index contributed by atoms with van der Waals surface area (Å²) in [7, 11) is 0. The predicted octanol–water partition coefficient (Wildman–Crippen LogP) is 3.32. The zero-order valence-corrected chi connectivity index (χ0v) is 10.2. The van der Waals surface area contributed by atoms with Gasteiger partial charge in [-0.3, -0.25) is 4.79 Å². The van der Waals surface area contributed by atoms with Gasteiger partial charge in [0.25, 0.3) is 0 Å². The molecule has 16 heavy (non-hydrogen) atoms. The smallest absolute Gasteiger partial charge is 0.132 e. The van der Waals surface area contributed by atoms with Crippen LogP contribution in [0.3, 0.4) is 0 Å². The van der Waals surface area contributed by atoms with Crippen LogP contribution in [-0.4, -0.2) is 10.9 Å². The van der Waals surface area contributed by atoms with E-state index in [4.69, 9.17) is 0 Å². The van der Waals surface area contributed by atoms with Gasteiger partial charge in [-0.05, 0) is 43.4 Å². The van der Waals surface area contributed by atoms with Crippen molar-refractivity contribution in [2.24, 2.45) is 0 Å². The van der Waals surface area contributed by atoms with E-state index < -0.39 is 0 Å². The predicted molar refractivity (Wildman–Crippen MR) is 65.5 cm³/mol. The minimum atomic E-state index is 0.295. The van der Waals surface area contributed by atoms with Crippen molar-refractivity contribution in [3.05, 3.63) is 35.2 Å². The number of carbonyl (C=O) groups excluding carboxylic acids is 1. The molecule has 0 fully saturated rings. The standard InChI is InChI=1S/C14H19O2/c1-4-13(15)7-5-6-12-8-10(2)14(16)11(3)9-12/h6,8-9,16H,4-5,7H2,1-3H3. The van der Waals surface area contributed by atoms with Gasteiger partial charge in [0.15, 0.2) is 0 Å². The summed E-state index contributed by atoms with van der Waals surface area (Å²) < 4.78 is 0. The van der Waals surface area contributed by atoms with Crippen LogP contribution in [0.1, 0.15) is 42.9 Å². The summed E-state index contributed by atoms with van der Waals surface area (Å²) in [5.41, 5.74) is 2.85. The molecular formula is C14H19O2. The largest absolute Gasteiger partial charge is 0.507 e. The van der Waals surface area contributed by atoms with Crippen LogP contribution in [0.25, 0.3) is 0 Å². The van der Waals surface area contributed by atoms with E-state index >= 15 is 0 Å². The van der Waals surface area contributed by atoms with Gasteiger partial charge in [-0.1, -0.05) is 19.1 Å². The van der Waals surface area contributed by atoms with E-state index in [0.29, 0.717) is 24.4 Å². The molecular weight excluding hydrogens is 200 g/mol. The van der Waals surface area contributed by atoms with Gasteiger partial charge in [-0.2, -0.15) is 0 Å². The molecule has 2 nitrogen and oxygen atoms in total. The Morgan fingerprint density at radius 2 is 1.88 bits per heavy atom. The van der Waals surface area contributed by atoms with Crippen LogP contribution in [0.4, 0.5) is 0 Å². The molecule has 0 bridgehead atoms. The SMILES string of the molecule is CCC(=O)CC[CH]c1cc(C)c(O)c(C)c1. The van der Waals surface area contributed by atoms with Crippen LogP contribution in [0.5, 0.6) is 5.75 Å². The molecule has 1 aromatic carbocycles. The summed E-state index contributed by atoms with van der Waals surface area (Å²) >= 11 is 0. The number of phenols is 1. The summed E-state index contributed by atoms with van der Waals surface area (Å²) in [5.74, 6) is 0.658. The van der Waals surface area contributed by atoms with Crippen LogP contribution in [-0.2, 0) is 4.79 Å². The van der Waals surface area contributed by atoms with E-state index in [9.17, 15) is 9.90 Å². The summed E-state index contributed by atoms with van der Waals surface area (Å²) in [6, 6.07) is 3.89. The lowest BCUT2D eigenvalue weighted by molar-refractivity contribution is -0.118. The number of benzene rings is 1. The van der Waals surface area contributed by atoms with Gasteiger partial charge in [-0.15, -0.1) is 0 Å². The highest BCUT2D eigenvalue weighted by molar-refractivity contribution is 5.78. The molecule has 0 aliphatic carbocycles. The van der Waals surface area contributed by atoms with Crippen LogP contribution < -0.4 is 0 Å². The highest BCUT2D eigenvalue weighted by Crippen LogP contribution is 2.24. The first kappa shape index (κ1) is 12.8. The molecule has 1 N–H and O–H groups in total. The van der Waals surface area contributed by atoms with Crippen molar-refractivity contribution >= 4 is 5.78 Å². The fourth-order valence-electron chi connectivity index (χ4n) is 1.68. The van der Waals surface area contributed by atoms with Crippen molar-refractivity contribution in [2.75, 3.05) is 0 Å². The summed E-state index contributed by atoms with van der Waals surface area (Å²) in [4.78, 5) is 11.1. The summed E-state index contributed by atoms with van der Waals surface area (Å²) in [5, 5.41) is 9.61. The normalized spacial score (nSPS) is 10.4.